The van der Waals surface area contributed by atoms with Crippen molar-refractivity contribution in [2.75, 3.05) is 5.32 Å². The lowest BCUT2D eigenvalue weighted by atomic mass is 10.1. The monoisotopic (exact) mass is 329 g/mol. The van der Waals surface area contributed by atoms with Crippen LogP contribution in [0, 0.1) is 11.7 Å². The number of rotatable bonds is 4. The highest BCUT2D eigenvalue weighted by Gasteiger charge is 2.15. The summed E-state index contributed by atoms with van der Waals surface area (Å²) in [6, 6.07) is 8.49. The zero-order valence-corrected chi connectivity index (χ0v) is 13.4. The van der Waals surface area contributed by atoms with E-state index in [1.165, 1.54) is 30.0 Å². The van der Waals surface area contributed by atoms with Gasteiger partial charge < -0.3 is 5.32 Å². The van der Waals surface area contributed by atoms with Crippen LogP contribution in [0.1, 0.15) is 12.5 Å². The van der Waals surface area contributed by atoms with E-state index >= 15 is 0 Å². The van der Waals surface area contributed by atoms with Gasteiger partial charge in [0.2, 0.25) is 0 Å². The summed E-state index contributed by atoms with van der Waals surface area (Å²) >= 11 is 5.00. The second-order valence-corrected chi connectivity index (χ2v) is 5.27. The predicted octanol–water partition coefficient (Wildman–Crippen LogP) is 2.28. The number of carbonyl (C=O) groups is 2. The van der Waals surface area contributed by atoms with Crippen LogP contribution in [0.4, 0.5) is 5.69 Å². The van der Waals surface area contributed by atoms with Crippen molar-refractivity contribution in [3.05, 3.63) is 62.8 Å². The number of aromatic nitrogens is 2. The highest BCUT2D eigenvalue weighted by Crippen LogP contribution is 2.15. The lowest BCUT2D eigenvalue weighted by Gasteiger charge is -2.09. The van der Waals surface area contributed by atoms with Gasteiger partial charge in [-0.05, 0) is 37.7 Å². The number of H-pyrrole nitrogens is 1. The number of aryl methyl sites for hydroxylation is 1. The van der Waals surface area contributed by atoms with Crippen molar-refractivity contribution >= 4 is 35.8 Å². The van der Waals surface area contributed by atoms with Crippen LogP contribution in [0.15, 0.2) is 46.9 Å². The molecule has 2 N–H and O–H groups in total. The molecule has 0 fully saturated rings. The van der Waals surface area contributed by atoms with E-state index in [9.17, 15) is 14.4 Å². The number of benzene rings is 1. The van der Waals surface area contributed by atoms with Crippen molar-refractivity contribution in [3.63, 3.8) is 0 Å². The largest absolute Gasteiger partial charge is 0.322 e. The number of anilines is 1. The molecule has 6 nitrogen and oxygen atoms in total. The Morgan fingerprint density at radius 1 is 1.26 bits per heavy atom. The molecule has 0 atom stereocenters. The van der Waals surface area contributed by atoms with Crippen molar-refractivity contribution in [3.8, 4) is 0 Å². The SMILES string of the molecule is CC(=O)/C(=C/n1ccc(=O)[nH]c1=S)C(=O)Nc1ccccc1C. The summed E-state index contributed by atoms with van der Waals surface area (Å²) in [5, 5.41) is 2.70. The van der Waals surface area contributed by atoms with Gasteiger partial charge in [-0.3, -0.25) is 23.9 Å². The molecule has 2 aromatic rings. The van der Waals surface area contributed by atoms with Crippen LogP contribution < -0.4 is 10.9 Å². The van der Waals surface area contributed by atoms with Crippen LogP contribution in [0.3, 0.4) is 0 Å². The smallest absolute Gasteiger partial charge is 0.260 e. The number of nitrogens with one attached hydrogen (secondary N) is 2. The lowest BCUT2D eigenvalue weighted by Crippen LogP contribution is -2.20. The maximum Gasteiger partial charge on any atom is 0.260 e. The first-order chi connectivity index (χ1) is 10.9. The molecule has 23 heavy (non-hydrogen) atoms. The Hall–Kier alpha value is -2.80. The maximum atomic E-state index is 12.4. The summed E-state index contributed by atoms with van der Waals surface area (Å²) in [4.78, 5) is 37.8. The zero-order valence-electron chi connectivity index (χ0n) is 12.6. The van der Waals surface area contributed by atoms with Crippen LogP contribution in [0.5, 0.6) is 0 Å². The van der Waals surface area contributed by atoms with Crippen molar-refractivity contribution in [1.29, 1.82) is 0 Å². The first kappa shape index (κ1) is 16.6. The minimum atomic E-state index is -0.542. The van der Waals surface area contributed by atoms with Gasteiger partial charge in [-0.1, -0.05) is 18.2 Å². The Morgan fingerprint density at radius 3 is 2.57 bits per heavy atom. The topological polar surface area (TPSA) is 84.0 Å². The third-order valence-corrected chi connectivity index (χ3v) is 3.45. The fourth-order valence-corrected chi connectivity index (χ4v) is 2.09. The highest BCUT2D eigenvalue weighted by atomic mass is 32.1. The number of aromatic amines is 1. The number of ketones is 1. The van der Waals surface area contributed by atoms with E-state index in [0.717, 1.165) is 5.56 Å². The van der Waals surface area contributed by atoms with Crippen molar-refractivity contribution < 1.29 is 9.59 Å². The van der Waals surface area contributed by atoms with Crippen LogP contribution >= 0.6 is 12.2 Å². The van der Waals surface area contributed by atoms with Gasteiger partial charge in [0.25, 0.3) is 11.5 Å². The molecule has 0 aliphatic heterocycles. The van der Waals surface area contributed by atoms with Crippen LogP contribution in [0.25, 0.3) is 6.20 Å². The number of hydrogen-bond donors (Lipinski definition) is 2. The molecule has 0 aliphatic carbocycles. The van der Waals surface area contributed by atoms with Crippen LogP contribution in [-0.4, -0.2) is 21.2 Å². The number of carbonyl (C=O) groups excluding carboxylic acids is 2. The van der Waals surface area contributed by atoms with Gasteiger partial charge in [0.05, 0.1) is 5.57 Å². The number of para-hydroxylation sites is 1. The normalized spacial score (nSPS) is 11.1. The van der Waals surface area contributed by atoms with Gasteiger partial charge in [0.15, 0.2) is 10.6 Å². The number of nitrogens with zero attached hydrogens (tertiary/aromatic N) is 1. The van der Waals surface area contributed by atoms with Gasteiger partial charge in [-0.15, -0.1) is 0 Å². The fourth-order valence-electron chi connectivity index (χ4n) is 1.88. The third-order valence-electron chi connectivity index (χ3n) is 3.14. The van der Waals surface area contributed by atoms with E-state index in [0.29, 0.717) is 5.69 Å². The highest BCUT2D eigenvalue weighted by molar-refractivity contribution is 7.71. The molecule has 0 bridgehead atoms. The van der Waals surface area contributed by atoms with E-state index in [4.69, 9.17) is 12.2 Å². The first-order valence-electron chi connectivity index (χ1n) is 6.79. The molecule has 7 heteroatoms. The number of hydrogen-bond acceptors (Lipinski definition) is 4. The maximum absolute atomic E-state index is 12.4. The molecule has 1 amide bonds. The zero-order chi connectivity index (χ0) is 17.0. The Morgan fingerprint density at radius 2 is 1.96 bits per heavy atom. The Bertz CT molecular complexity index is 909. The molecular weight excluding hydrogens is 314 g/mol. The fraction of sp³-hybridized carbons (Fsp3) is 0.125. The van der Waals surface area contributed by atoms with Gasteiger partial charge in [-0.2, -0.15) is 0 Å². The Labute approximate surface area is 137 Å². The molecule has 0 saturated carbocycles. The quantitative estimate of drug-likeness (QED) is 0.390. The summed E-state index contributed by atoms with van der Waals surface area (Å²) in [7, 11) is 0. The van der Waals surface area contributed by atoms with Crippen LogP contribution in [0.2, 0.25) is 0 Å². The van der Waals surface area contributed by atoms with Crippen molar-refractivity contribution in [2.24, 2.45) is 0 Å². The molecular formula is C16H15N3O3S. The van der Waals surface area contributed by atoms with Gasteiger partial charge >= 0.3 is 0 Å². The number of Topliss-reactive ketones (excluding diaryl/α,β-unsaturated/α-hetero) is 1. The second kappa shape index (κ2) is 6.97. The summed E-state index contributed by atoms with van der Waals surface area (Å²) in [6.45, 7) is 3.14. The average molecular weight is 329 g/mol. The number of amides is 1. The molecule has 1 heterocycles. The summed E-state index contributed by atoms with van der Waals surface area (Å²) in [6.07, 6.45) is 2.69. The molecule has 0 unspecified atom stereocenters. The summed E-state index contributed by atoms with van der Waals surface area (Å²) < 4.78 is 1.44. The minimum Gasteiger partial charge on any atom is -0.322 e. The minimum absolute atomic E-state index is 0.0728. The van der Waals surface area contributed by atoms with E-state index in [-0.39, 0.29) is 15.9 Å². The predicted molar refractivity (Wildman–Crippen MR) is 90.6 cm³/mol. The second-order valence-electron chi connectivity index (χ2n) is 4.89. The molecule has 0 saturated heterocycles. The molecule has 0 radical (unpaired) electrons. The standard InChI is InChI=1S/C16H15N3O3S/c1-10-5-3-4-6-13(10)17-15(22)12(11(2)20)9-19-8-7-14(21)18-16(19)23/h3-9H,1-2H3,(H,17,22)(H,18,21,23)/b12-9-. The van der Waals surface area contributed by atoms with Gasteiger partial charge in [-0.25, -0.2) is 0 Å². The third kappa shape index (κ3) is 4.10. The summed E-state index contributed by atoms with van der Waals surface area (Å²) in [5.41, 5.74) is 1.07. The average Bonchev–Trinajstić information content (AvgIpc) is 2.48. The van der Waals surface area contributed by atoms with E-state index in [1.807, 2.05) is 19.1 Å². The first-order valence-corrected chi connectivity index (χ1v) is 7.20. The van der Waals surface area contributed by atoms with Crippen molar-refractivity contribution in [2.45, 2.75) is 13.8 Å². The van der Waals surface area contributed by atoms with E-state index in [2.05, 4.69) is 10.3 Å². The molecule has 0 spiro atoms. The van der Waals surface area contributed by atoms with Gasteiger partial charge in [0.1, 0.15) is 0 Å². The Kier molecular flexibility index (Phi) is 5.02. The van der Waals surface area contributed by atoms with Gasteiger partial charge in [0, 0.05) is 24.2 Å². The molecule has 1 aromatic heterocycles. The van der Waals surface area contributed by atoms with E-state index < -0.39 is 11.7 Å². The van der Waals surface area contributed by atoms with Crippen molar-refractivity contribution in [1.82, 2.24) is 9.55 Å². The molecule has 1 aromatic carbocycles. The Balaban J connectivity index is 2.38. The molecule has 118 valence electrons. The lowest BCUT2D eigenvalue weighted by molar-refractivity contribution is -0.118. The summed E-state index contributed by atoms with van der Waals surface area (Å²) in [5.74, 6) is -0.955. The molecule has 2 rings (SSSR count). The van der Waals surface area contributed by atoms with Crippen LogP contribution in [-0.2, 0) is 9.59 Å². The molecule has 0 aliphatic rings. The van der Waals surface area contributed by atoms with E-state index in [1.54, 1.807) is 12.1 Å².